The minimum atomic E-state index is -0.972. The van der Waals surface area contributed by atoms with Crippen LogP contribution in [0.15, 0.2) is 12.7 Å². The number of unbranched alkanes of at least 4 members (excludes halogenated alkanes) is 7. The van der Waals surface area contributed by atoms with Crippen LogP contribution in [0.25, 0.3) is 0 Å². The second kappa shape index (κ2) is 11.6. The second-order valence-corrected chi connectivity index (χ2v) is 4.36. The van der Waals surface area contributed by atoms with Gasteiger partial charge in [-0.25, -0.2) is 4.79 Å². The predicted octanol–water partition coefficient (Wildman–Crippen LogP) is 3.56. The highest BCUT2D eigenvalue weighted by Gasteiger charge is 2.07. The molecule has 17 heavy (non-hydrogen) atoms. The molecular weight excluding hydrogens is 216 g/mol. The Kier molecular flexibility index (Phi) is 11.1. The van der Waals surface area contributed by atoms with Crippen LogP contribution >= 0.6 is 0 Å². The maximum absolute atomic E-state index is 10.8. The van der Waals surface area contributed by atoms with Crippen LogP contribution in [0.1, 0.15) is 64.7 Å². The van der Waals surface area contributed by atoms with Gasteiger partial charge in [0.25, 0.3) is 0 Å². The maximum Gasteiger partial charge on any atom is 0.332 e. The molecule has 0 rings (SSSR count). The van der Waals surface area contributed by atoms with Crippen molar-refractivity contribution in [2.24, 2.45) is 0 Å². The molecule has 1 unspecified atom stereocenters. The lowest BCUT2D eigenvalue weighted by Crippen LogP contribution is -2.15. The highest BCUT2D eigenvalue weighted by atomic mass is 16.6. The summed E-state index contributed by atoms with van der Waals surface area (Å²) >= 11 is 0. The summed E-state index contributed by atoms with van der Waals surface area (Å²) in [7, 11) is 0. The highest BCUT2D eigenvalue weighted by molar-refractivity contribution is 5.81. The lowest BCUT2D eigenvalue weighted by atomic mass is 10.1. The minimum Gasteiger partial charge on any atom is -0.433 e. The van der Waals surface area contributed by atoms with E-state index in [0.29, 0.717) is 6.42 Å². The third-order valence-electron chi connectivity index (χ3n) is 2.72. The summed E-state index contributed by atoms with van der Waals surface area (Å²) in [5.41, 5.74) is 0. The maximum atomic E-state index is 10.8. The van der Waals surface area contributed by atoms with Gasteiger partial charge in [0, 0.05) is 12.5 Å². The van der Waals surface area contributed by atoms with E-state index in [0.717, 1.165) is 18.9 Å². The van der Waals surface area contributed by atoms with Crippen molar-refractivity contribution in [1.29, 1.82) is 0 Å². The highest BCUT2D eigenvalue weighted by Crippen LogP contribution is 2.11. The molecule has 0 heterocycles. The molecule has 0 aromatic rings. The number of hydrogen-bond donors (Lipinski definition) is 1. The number of carbonyl (C=O) groups is 1. The summed E-state index contributed by atoms with van der Waals surface area (Å²) in [4.78, 5) is 10.8. The van der Waals surface area contributed by atoms with Crippen LogP contribution in [0.5, 0.6) is 0 Å². The number of aliphatic hydroxyl groups is 1. The van der Waals surface area contributed by atoms with Crippen molar-refractivity contribution in [2.75, 3.05) is 0 Å². The van der Waals surface area contributed by atoms with Gasteiger partial charge < -0.3 is 9.84 Å². The lowest BCUT2D eigenvalue weighted by Gasteiger charge is -2.10. The van der Waals surface area contributed by atoms with Crippen molar-refractivity contribution in [3.8, 4) is 0 Å². The van der Waals surface area contributed by atoms with E-state index in [9.17, 15) is 9.90 Å². The van der Waals surface area contributed by atoms with Gasteiger partial charge in [0.15, 0.2) is 0 Å². The topological polar surface area (TPSA) is 46.5 Å². The minimum absolute atomic E-state index is 0.522. The second-order valence-electron chi connectivity index (χ2n) is 4.36. The summed E-state index contributed by atoms with van der Waals surface area (Å²) < 4.78 is 4.66. The zero-order valence-corrected chi connectivity index (χ0v) is 11.0. The van der Waals surface area contributed by atoms with E-state index in [2.05, 4.69) is 18.2 Å². The first-order valence-electron chi connectivity index (χ1n) is 6.71. The SMILES string of the molecule is C=CC(=O)OC(O)CCCCCCCCCC. The Morgan fingerprint density at radius 2 is 1.71 bits per heavy atom. The zero-order chi connectivity index (χ0) is 12.9. The largest absolute Gasteiger partial charge is 0.433 e. The van der Waals surface area contributed by atoms with Gasteiger partial charge in [-0.05, 0) is 6.42 Å². The van der Waals surface area contributed by atoms with Gasteiger partial charge in [0.2, 0.25) is 6.29 Å². The molecule has 0 aromatic carbocycles. The van der Waals surface area contributed by atoms with Gasteiger partial charge in [0.05, 0.1) is 0 Å². The third kappa shape index (κ3) is 11.4. The van der Waals surface area contributed by atoms with Gasteiger partial charge in [-0.3, -0.25) is 0 Å². The quantitative estimate of drug-likeness (QED) is 0.261. The Hall–Kier alpha value is -0.830. The van der Waals surface area contributed by atoms with Crippen molar-refractivity contribution in [1.82, 2.24) is 0 Å². The number of carbonyl (C=O) groups excluding carboxylic acids is 1. The summed E-state index contributed by atoms with van der Waals surface area (Å²) in [6.07, 6.45) is 10.3. The molecule has 0 bridgehead atoms. The molecule has 1 atom stereocenters. The molecule has 100 valence electrons. The van der Waals surface area contributed by atoms with E-state index < -0.39 is 12.3 Å². The average Bonchev–Trinajstić information content (AvgIpc) is 2.32. The predicted molar refractivity (Wildman–Crippen MR) is 69.5 cm³/mol. The molecular formula is C14H26O3. The van der Waals surface area contributed by atoms with Crippen molar-refractivity contribution in [3.63, 3.8) is 0 Å². The smallest absolute Gasteiger partial charge is 0.332 e. The Labute approximate surface area is 105 Å². The fourth-order valence-corrected chi connectivity index (χ4v) is 1.69. The average molecular weight is 242 g/mol. The Bertz CT molecular complexity index is 202. The summed E-state index contributed by atoms with van der Waals surface area (Å²) in [6, 6.07) is 0. The molecule has 0 fully saturated rings. The number of ether oxygens (including phenoxy) is 1. The molecule has 0 amide bonds. The molecule has 0 aromatic heterocycles. The molecule has 0 saturated heterocycles. The van der Waals surface area contributed by atoms with Crippen molar-refractivity contribution in [3.05, 3.63) is 12.7 Å². The van der Waals surface area contributed by atoms with Gasteiger partial charge in [0.1, 0.15) is 0 Å². The standard InChI is InChI=1S/C14H26O3/c1-3-5-6-7-8-9-10-11-12-14(16)17-13(15)4-2/h4,14,16H,2-3,5-12H2,1H3. The zero-order valence-electron chi connectivity index (χ0n) is 11.0. The van der Waals surface area contributed by atoms with E-state index in [-0.39, 0.29) is 0 Å². The van der Waals surface area contributed by atoms with E-state index >= 15 is 0 Å². The number of esters is 1. The van der Waals surface area contributed by atoms with E-state index in [4.69, 9.17) is 0 Å². The first kappa shape index (κ1) is 16.2. The lowest BCUT2D eigenvalue weighted by molar-refractivity contribution is -0.162. The number of aliphatic hydroxyl groups excluding tert-OH is 1. The molecule has 3 heteroatoms. The van der Waals surface area contributed by atoms with Crippen LogP contribution in [0.4, 0.5) is 0 Å². The fourth-order valence-electron chi connectivity index (χ4n) is 1.69. The summed E-state index contributed by atoms with van der Waals surface area (Å²) in [5, 5.41) is 9.33. The van der Waals surface area contributed by atoms with Crippen molar-refractivity contribution in [2.45, 2.75) is 71.0 Å². The first-order chi connectivity index (χ1) is 8.20. The Morgan fingerprint density at radius 1 is 1.18 bits per heavy atom. The fraction of sp³-hybridized carbons (Fsp3) is 0.786. The van der Waals surface area contributed by atoms with Crippen molar-refractivity contribution < 1.29 is 14.6 Å². The summed E-state index contributed by atoms with van der Waals surface area (Å²) in [6.45, 7) is 5.49. The normalized spacial score (nSPS) is 12.1. The Morgan fingerprint density at radius 3 is 2.24 bits per heavy atom. The molecule has 0 radical (unpaired) electrons. The number of hydrogen-bond acceptors (Lipinski definition) is 3. The van der Waals surface area contributed by atoms with Crippen LogP contribution in [0.2, 0.25) is 0 Å². The van der Waals surface area contributed by atoms with Gasteiger partial charge in [-0.1, -0.05) is 58.4 Å². The van der Waals surface area contributed by atoms with Crippen LogP contribution < -0.4 is 0 Å². The van der Waals surface area contributed by atoms with Crippen molar-refractivity contribution >= 4 is 5.97 Å². The van der Waals surface area contributed by atoms with Crippen LogP contribution in [0.3, 0.4) is 0 Å². The third-order valence-corrected chi connectivity index (χ3v) is 2.72. The molecule has 0 aliphatic rings. The molecule has 3 nitrogen and oxygen atoms in total. The van der Waals surface area contributed by atoms with Gasteiger partial charge >= 0.3 is 5.97 Å². The van der Waals surface area contributed by atoms with Crippen LogP contribution in [0, 0.1) is 0 Å². The van der Waals surface area contributed by atoms with Gasteiger partial charge in [-0.15, -0.1) is 0 Å². The molecule has 0 aliphatic heterocycles. The molecule has 1 N–H and O–H groups in total. The molecule has 0 spiro atoms. The molecule has 0 aliphatic carbocycles. The van der Waals surface area contributed by atoms with E-state index in [1.165, 1.54) is 38.5 Å². The Balaban J connectivity index is 3.21. The van der Waals surface area contributed by atoms with Crippen LogP contribution in [-0.4, -0.2) is 17.4 Å². The van der Waals surface area contributed by atoms with Crippen LogP contribution in [-0.2, 0) is 9.53 Å². The number of rotatable bonds is 11. The van der Waals surface area contributed by atoms with E-state index in [1.54, 1.807) is 0 Å². The molecule has 0 saturated carbocycles. The van der Waals surface area contributed by atoms with Gasteiger partial charge in [-0.2, -0.15) is 0 Å². The monoisotopic (exact) mass is 242 g/mol. The van der Waals surface area contributed by atoms with E-state index in [1.807, 2.05) is 0 Å². The summed E-state index contributed by atoms with van der Waals surface area (Å²) in [5.74, 6) is -0.558. The first-order valence-corrected chi connectivity index (χ1v) is 6.71.